The zero-order valence-electron chi connectivity index (χ0n) is 12.6. The molecule has 0 aliphatic carbocycles. The van der Waals surface area contributed by atoms with E-state index in [1.165, 1.54) is 0 Å². The first kappa shape index (κ1) is 16.3. The molecule has 6 nitrogen and oxygen atoms in total. The fourth-order valence-electron chi connectivity index (χ4n) is 3.56. The predicted molar refractivity (Wildman–Crippen MR) is 85.8 cm³/mol. The minimum Gasteiger partial charge on any atom is -0.339 e. The van der Waals surface area contributed by atoms with Crippen LogP contribution in [0.2, 0.25) is 0 Å². The summed E-state index contributed by atoms with van der Waals surface area (Å²) in [5.74, 6) is -1.19. The molecule has 124 valence electrons. The molecule has 1 amide bonds. The van der Waals surface area contributed by atoms with E-state index in [0.717, 1.165) is 37.8 Å². The lowest BCUT2D eigenvalue weighted by molar-refractivity contribution is -0.385. The predicted octanol–water partition coefficient (Wildman–Crippen LogP) is 2.85. The molecule has 0 aromatic heterocycles. The van der Waals surface area contributed by atoms with E-state index in [1.54, 1.807) is 11.9 Å². The molecular formula is C15H17BrFN3O3. The van der Waals surface area contributed by atoms with E-state index in [2.05, 4.69) is 21.2 Å². The molecule has 3 rings (SSSR count). The molecule has 2 unspecified atom stereocenters. The van der Waals surface area contributed by atoms with E-state index in [4.69, 9.17) is 0 Å². The van der Waals surface area contributed by atoms with Crippen LogP contribution in [0, 0.1) is 15.9 Å². The van der Waals surface area contributed by atoms with Crippen molar-refractivity contribution in [1.82, 2.24) is 10.2 Å². The Bertz CT molecular complexity index is 658. The van der Waals surface area contributed by atoms with Gasteiger partial charge in [0.1, 0.15) is 10.3 Å². The minimum absolute atomic E-state index is 0.00919. The highest BCUT2D eigenvalue weighted by atomic mass is 79.9. The van der Waals surface area contributed by atoms with Gasteiger partial charge in [-0.2, -0.15) is 0 Å². The second-order valence-electron chi connectivity index (χ2n) is 6.22. The van der Waals surface area contributed by atoms with Crippen molar-refractivity contribution in [3.05, 3.63) is 38.1 Å². The zero-order valence-corrected chi connectivity index (χ0v) is 14.2. The van der Waals surface area contributed by atoms with Crippen LogP contribution in [0.25, 0.3) is 0 Å². The fourth-order valence-corrected chi connectivity index (χ4v) is 4.11. The molecule has 1 aromatic rings. The molecule has 2 fully saturated rings. The van der Waals surface area contributed by atoms with E-state index in [1.807, 2.05) is 0 Å². The Balaban J connectivity index is 1.86. The van der Waals surface area contributed by atoms with Gasteiger partial charge in [-0.25, -0.2) is 4.39 Å². The summed E-state index contributed by atoms with van der Waals surface area (Å²) in [7, 11) is 1.68. The summed E-state index contributed by atoms with van der Waals surface area (Å²) in [6.45, 7) is 0. The molecular weight excluding hydrogens is 369 g/mol. The van der Waals surface area contributed by atoms with E-state index in [-0.39, 0.29) is 16.1 Å². The number of amides is 1. The molecule has 2 heterocycles. The van der Waals surface area contributed by atoms with Crippen molar-refractivity contribution in [2.45, 2.75) is 43.8 Å². The first-order valence-electron chi connectivity index (χ1n) is 7.53. The second kappa shape index (κ2) is 6.16. The lowest BCUT2D eigenvalue weighted by Gasteiger charge is -2.35. The zero-order chi connectivity index (χ0) is 16.7. The maximum atomic E-state index is 13.7. The maximum Gasteiger partial charge on any atom is 0.287 e. The Morgan fingerprint density at radius 1 is 1.39 bits per heavy atom. The van der Waals surface area contributed by atoms with Crippen LogP contribution < -0.4 is 5.32 Å². The molecule has 0 spiro atoms. The Labute approximate surface area is 141 Å². The summed E-state index contributed by atoms with van der Waals surface area (Å²) in [6, 6.07) is 2.76. The van der Waals surface area contributed by atoms with Crippen molar-refractivity contribution >= 4 is 27.5 Å². The van der Waals surface area contributed by atoms with E-state index < -0.39 is 22.3 Å². The molecule has 2 bridgehead atoms. The number of halogens is 2. The van der Waals surface area contributed by atoms with Crippen molar-refractivity contribution in [3.63, 3.8) is 0 Å². The molecule has 0 radical (unpaired) electrons. The molecule has 0 saturated carbocycles. The molecule has 2 atom stereocenters. The number of nitro benzene ring substituents is 1. The molecule has 1 aromatic carbocycles. The van der Waals surface area contributed by atoms with Gasteiger partial charge in [-0.3, -0.25) is 14.9 Å². The standard InChI is InChI=1S/C15H17BrFN3O3/c1-19(11-6-9-2-3-10(7-11)18-9)15(21)12-4-8(17)5-13(14(12)16)20(22)23/h4-5,9-11,18H,2-3,6-7H2,1H3. The van der Waals surface area contributed by atoms with E-state index >= 15 is 0 Å². The fraction of sp³-hybridized carbons (Fsp3) is 0.533. The number of nitro groups is 1. The Morgan fingerprint density at radius 3 is 2.57 bits per heavy atom. The van der Waals surface area contributed by atoms with Crippen molar-refractivity contribution in [2.24, 2.45) is 0 Å². The summed E-state index contributed by atoms with van der Waals surface area (Å²) in [5, 5.41) is 14.5. The smallest absolute Gasteiger partial charge is 0.287 e. The quantitative estimate of drug-likeness (QED) is 0.641. The van der Waals surface area contributed by atoms with Gasteiger partial charge in [-0.1, -0.05) is 0 Å². The van der Waals surface area contributed by atoms with Gasteiger partial charge in [0, 0.05) is 25.2 Å². The van der Waals surface area contributed by atoms with E-state index in [0.29, 0.717) is 12.1 Å². The number of carbonyl (C=O) groups excluding carboxylic acids is 1. The van der Waals surface area contributed by atoms with Gasteiger partial charge >= 0.3 is 0 Å². The minimum atomic E-state index is -0.790. The summed E-state index contributed by atoms with van der Waals surface area (Å²) >= 11 is 3.08. The SMILES string of the molecule is CN(C(=O)c1cc(F)cc([N+](=O)[O-])c1Br)C1CC2CCC(C1)N2. The third-order valence-electron chi connectivity index (χ3n) is 4.76. The van der Waals surface area contributed by atoms with Gasteiger partial charge in [0.15, 0.2) is 0 Å². The average Bonchev–Trinajstić information content (AvgIpc) is 2.85. The van der Waals surface area contributed by atoms with Crippen LogP contribution in [0.5, 0.6) is 0 Å². The number of carbonyl (C=O) groups is 1. The highest BCUT2D eigenvalue weighted by Crippen LogP contribution is 2.33. The highest BCUT2D eigenvalue weighted by Gasteiger charge is 2.37. The topological polar surface area (TPSA) is 75.5 Å². The van der Waals surface area contributed by atoms with Crippen molar-refractivity contribution in [2.75, 3.05) is 7.05 Å². The summed E-state index contributed by atoms with van der Waals surface area (Å²) in [4.78, 5) is 24.6. The molecule has 23 heavy (non-hydrogen) atoms. The first-order chi connectivity index (χ1) is 10.9. The van der Waals surface area contributed by atoms with Crippen LogP contribution in [0.3, 0.4) is 0 Å². The average molecular weight is 386 g/mol. The number of rotatable bonds is 3. The molecule has 8 heteroatoms. The second-order valence-corrected chi connectivity index (χ2v) is 7.02. The molecule has 2 saturated heterocycles. The summed E-state index contributed by atoms with van der Waals surface area (Å²) in [5.41, 5.74) is -0.447. The molecule has 1 N–H and O–H groups in total. The Morgan fingerprint density at radius 2 is 2.00 bits per heavy atom. The van der Waals surface area contributed by atoms with Gasteiger partial charge in [0.05, 0.1) is 16.6 Å². The normalized spacial score (nSPS) is 26.1. The molecule has 2 aliphatic heterocycles. The lowest BCUT2D eigenvalue weighted by atomic mass is 9.98. The number of benzene rings is 1. The Kier molecular flexibility index (Phi) is 4.37. The number of nitrogens with one attached hydrogen (secondary N) is 1. The number of nitrogens with zero attached hydrogens (tertiary/aromatic N) is 2. The van der Waals surface area contributed by atoms with Crippen LogP contribution in [0.1, 0.15) is 36.0 Å². The van der Waals surface area contributed by atoms with Gasteiger partial charge < -0.3 is 10.2 Å². The number of hydrogen-bond acceptors (Lipinski definition) is 4. The Hall–Kier alpha value is -1.54. The van der Waals surface area contributed by atoms with Crippen LogP contribution in [0.4, 0.5) is 10.1 Å². The van der Waals surface area contributed by atoms with Crippen molar-refractivity contribution < 1.29 is 14.1 Å². The maximum absolute atomic E-state index is 13.7. The van der Waals surface area contributed by atoms with Gasteiger partial charge in [0.2, 0.25) is 0 Å². The monoisotopic (exact) mass is 385 g/mol. The lowest BCUT2D eigenvalue weighted by Crippen LogP contribution is -2.48. The number of fused-ring (bicyclic) bond motifs is 2. The largest absolute Gasteiger partial charge is 0.339 e. The third kappa shape index (κ3) is 3.10. The van der Waals surface area contributed by atoms with Crippen LogP contribution in [-0.2, 0) is 0 Å². The van der Waals surface area contributed by atoms with Crippen molar-refractivity contribution in [3.8, 4) is 0 Å². The number of hydrogen-bond donors (Lipinski definition) is 1. The van der Waals surface area contributed by atoms with Crippen LogP contribution in [0.15, 0.2) is 16.6 Å². The van der Waals surface area contributed by atoms with Gasteiger partial charge in [-0.05, 0) is 47.7 Å². The summed E-state index contributed by atoms with van der Waals surface area (Å²) < 4.78 is 13.7. The first-order valence-corrected chi connectivity index (χ1v) is 8.32. The van der Waals surface area contributed by atoms with Crippen LogP contribution >= 0.6 is 15.9 Å². The van der Waals surface area contributed by atoms with Gasteiger partial charge in [0.25, 0.3) is 11.6 Å². The molecule has 2 aliphatic rings. The van der Waals surface area contributed by atoms with E-state index in [9.17, 15) is 19.3 Å². The van der Waals surface area contributed by atoms with Crippen molar-refractivity contribution in [1.29, 1.82) is 0 Å². The van der Waals surface area contributed by atoms with Crippen LogP contribution in [-0.4, -0.2) is 40.9 Å². The highest BCUT2D eigenvalue weighted by molar-refractivity contribution is 9.10. The number of piperidine rings is 1. The van der Waals surface area contributed by atoms with Gasteiger partial charge in [-0.15, -0.1) is 0 Å². The summed E-state index contributed by atoms with van der Waals surface area (Å²) in [6.07, 6.45) is 3.93. The third-order valence-corrected chi connectivity index (χ3v) is 5.59.